The van der Waals surface area contributed by atoms with E-state index in [1.54, 1.807) is 31.1 Å². The van der Waals surface area contributed by atoms with Crippen LogP contribution in [0.1, 0.15) is 30.7 Å². The topological polar surface area (TPSA) is 56.8 Å². The number of carbonyl (C=O) groups is 2. The Kier molecular flexibility index (Phi) is 6.75. The average molecular weight is 486 g/mol. The molecule has 0 spiro atoms. The van der Waals surface area contributed by atoms with Crippen LogP contribution in [-0.4, -0.2) is 71.8 Å². The van der Waals surface area contributed by atoms with Crippen LogP contribution in [-0.2, 0) is 6.54 Å². The molecule has 1 aromatic heterocycles. The van der Waals surface area contributed by atoms with Crippen molar-refractivity contribution in [2.45, 2.75) is 13.5 Å². The molecule has 0 saturated carbocycles. The van der Waals surface area contributed by atoms with E-state index in [1.165, 1.54) is 11.3 Å². The molecule has 0 radical (unpaired) electrons. The molecule has 0 bridgehead atoms. The molecule has 0 N–H and O–H groups in total. The van der Waals surface area contributed by atoms with Crippen LogP contribution < -0.4 is 0 Å². The lowest BCUT2D eigenvalue weighted by molar-refractivity contribution is 0.0628. The number of nitrogens with zero attached hydrogens (tertiary/aromatic N) is 4. The van der Waals surface area contributed by atoms with Crippen molar-refractivity contribution in [2.75, 3.05) is 40.3 Å². The first-order chi connectivity index (χ1) is 13.3. The van der Waals surface area contributed by atoms with E-state index in [4.69, 9.17) is 11.6 Å². The molecular weight excluding hydrogens is 464 g/mol. The van der Waals surface area contributed by atoms with E-state index in [-0.39, 0.29) is 11.8 Å². The second-order valence-corrected chi connectivity index (χ2v) is 9.32. The van der Waals surface area contributed by atoms with Gasteiger partial charge in [0.25, 0.3) is 11.8 Å². The predicted molar refractivity (Wildman–Crippen MR) is 115 cm³/mol. The number of aromatic nitrogens is 1. The Morgan fingerprint density at radius 2 is 1.93 bits per heavy atom. The molecule has 1 aliphatic rings. The Bertz CT molecular complexity index is 894. The highest BCUT2D eigenvalue weighted by molar-refractivity contribution is 9.10. The summed E-state index contributed by atoms with van der Waals surface area (Å²) in [5, 5.41) is 1.39. The van der Waals surface area contributed by atoms with Gasteiger partial charge in [0.1, 0.15) is 9.88 Å². The molecule has 0 unspecified atom stereocenters. The fourth-order valence-corrected chi connectivity index (χ4v) is 4.74. The van der Waals surface area contributed by atoms with Crippen molar-refractivity contribution in [3.05, 3.63) is 48.8 Å². The van der Waals surface area contributed by atoms with Gasteiger partial charge in [-0.1, -0.05) is 27.5 Å². The molecule has 9 heteroatoms. The fourth-order valence-electron chi connectivity index (χ4n) is 3.05. The van der Waals surface area contributed by atoms with Gasteiger partial charge in [0, 0.05) is 44.7 Å². The molecular formula is C19H22BrClN4O2S. The Morgan fingerprint density at radius 3 is 2.57 bits per heavy atom. The summed E-state index contributed by atoms with van der Waals surface area (Å²) in [4.78, 5) is 35.9. The maximum Gasteiger partial charge on any atom is 0.265 e. The summed E-state index contributed by atoms with van der Waals surface area (Å²) >= 11 is 11.0. The molecule has 0 aliphatic carbocycles. The first-order valence-corrected chi connectivity index (χ1v) is 10.9. The average Bonchev–Trinajstić information content (AvgIpc) is 3.03. The van der Waals surface area contributed by atoms with Gasteiger partial charge in [-0.2, -0.15) is 0 Å². The van der Waals surface area contributed by atoms with E-state index < -0.39 is 0 Å². The number of thiazole rings is 1. The van der Waals surface area contributed by atoms with Crippen molar-refractivity contribution in [3.63, 3.8) is 0 Å². The summed E-state index contributed by atoms with van der Waals surface area (Å²) in [6.45, 7) is 5.34. The lowest BCUT2D eigenvalue weighted by Crippen LogP contribution is -2.48. The summed E-state index contributed by atoms with van der Waals surface area (Å²) in [7, 11) is 3.49. The van der Waals surface area contributed by atoms with Gasteiger partial charge in [0.2, 0.25) is 0 Å². The van der Waals surface area contributed by atoms with Crippen LogP contribution in [0.2, 0.25) is 5.02 Å². The van der Waals surface area contributed by atoms with Gasteiger partial charge < -0.3 is 9.80 Å². The number of piperazine rings is 1. The Hall–Kier alpha value is -1.48. The summed E-state index contributed by atoms with van der Waals surface area (Å²) in [5.74, 6) is -0.0579. The second kappa shape index (κ2) is 8.90. The van der Waals surface area contributed by atoms with Gasteiger partial charge in [0.15, 0.2) is 0 Å². The van der Waals surface area contributed by atoms with Crippen molar-refractivity contribution in [2.24, 2.45) is 0 Å². The number of benzene rings is 1. The number of halogens is 2. The zero-order valence-electron chi connectivity index (χ0n) is 16.0. The lowest BCUT2D eigenvalue weighted by atomic mass is 10.2. The van der Waals surface area contributed by atoms with Gasteiger partial charge in [-0.3, -0.25) is 14.5 Å². The third-order valence-electron chi connectivity index (χ3n) is 4.62. The Morgan fingerprint density at radius 1 is 1.25 bits per heavy atom. The highest BCUT2D eigenvalue weighted by atomic mass is 79.9. The van der Waals surface area contributed by atoms with E-state index in [0.717, 1.165) is 28.3 Å². The Labute approximate surface area is 182 Å². The number of hydrogen-bond donors (Lipinski definition) is 0. The van der Waals surface area contributed by atoms with Crippen LogP contribution >= 0.6 is 38.9 Å². The first-order valence-electron chi connectivity index (χ1n) is 8.91. The number of amides is 2. The monoisotopic (exact) mass is 484 g/mol. The molecule has 2 heterocycles. The minimum Gasteiger partial charge on any atom is -0.344 e. The molecule has 150 valence electrons. The van der Waals surface area contributed by atoms with Crippen molar-refractivity contribution >= 4 is 50.7 Å². The number of aryl methyl sites for hydroxylation is 1. The first kappa shape index (κ1) is 21.2. The number of rotatable bonds is 4. The molecule has 1 fully saturated rings. The maximum absolute atomic E-state index is 12.8. The Balaban J connectivity index is 1.60. The van der Waals surface area contributed by atoms with Crippen LogP contribution in [0.3, 0.4) is 0 Å². The third-order valence-corrected chi connectivity index (χ3v) is 6.57. The normalized spacial score (nSPS) is 15.0. The van der Waals surface area contributed by atoms with Gasteiger partial charge in [-0.25, -0.2) is 4.98 Å². The minimum absolute atomic E-state index is 0.0115. The molecule has 2 aromatic rings. The number of hydrogen-bond acceptors (Lipinski definition) is 5. The van der Waals surface area contributed by atoms with Crippen molar-refractivity contribution < 1.29 is 9.59 Å². The van der Waals surface area contributed by atoms with Crippen LogP contribution in [0.25, 0.3) is 0 Å². The van der Waals surface area contributed by atoms with Crippen LogP contribution in [0.15, 0.2) is 22.7 Å². The van der Waals surface area contributed by atoms with Gasteiger partial charge in [-0.05, 0) is 25.1 Å². The molecule has 3 rings (SSSR count). The zero-order valence-corrected chi connectivity index (χ0v) is 19.2. The van der Waals surface area contributed by atoms with Gasteiger partial charge in [-0.15, -0.1) is 11.3 Å². The molecule has 2 amide bonds. The summed E-state index contributed by atoms with van der Waals surface area (Å²) in [5.41, 5.74) is 1.30. The van der Waals surface area contributed by atoms with Crippen LogP contribution in [0.5, 0.6) is 0 Å². The lowest BCUT2D eigenvalue weighted by Gasteiger charge is -2.34. The van der Waals surface area contributed by atoms with Crippen molar-refractivity contribution in [3.8, 4) is 0 Å². The molecule has 6 nitrogen and oxygen atoms in total. The quantitative estimate of drug-likeness (QED) is 0.665. The third kappa shape index (κ3) is 4.74. The summed E-state index contributed by atoms with van der Waals surface area (Å²) < 4.78 is 0.834. The van der Waals surface area contributed by atoms with E-state index in [0.29, 0.717) is 35.1 Å². The van der Waals surface area contributed by atoms with Gasteiger partial charge >= 0.3 is 0 Å². The molecule has 1 aromatic carbocycles. The van der Waals surface area contributed by atoms with E-state index in [1.807, 2.05) is 17.9 Å². The molecule has 0 atom stereocenters. The number of carbonyl (C=O) groups excluding carboxylic acids is 2. The standard InChI is InChI=1S/C19H22BrClN4O2S/c1-12-17(19(27)23(2)3)28-16(22-12)11-24-6-8-25(9-7-24)18(26)14-10-13(20)4-5-15(14)21/h4-5,10H,6-9,11H2,1-3H3. The summed E-state index contributed by atoms with van der Waals surface area (Å²) in [6, 6.07) is 5.31. The van der Waals surface area contributed by atoms with E-state index in [2.05, 4.69) is 25.8 Å². The molecule has 1 aliphatic heterocycles. The largest absolute Gasteiger partial charge is 0.344 e. The minimum atomic E-state index is -0.0464. The van der Waals surface area contributed by atoms with E-state index >= 15 is 0 Å². The molecule has 28 heavy (non-hydrogen) atoms. The smallest absolute Gasteiger partial charge is 0.265 e. The van der Waals surface area contributed by atoms with Crippen molar-refractivity contribution in [1.29, 1.82) is 0 Å². The second-order valence-electron chi connectivity index (χ2n) is 6.91. The van der Waals surface area contributed by atoms with Crippen LogP contribution in [0.4, 0.5) is 0 Å². The van der Waals surface area contributed by atoms with E-state index in [9.17, 15) is 9.59 Å². The van der Waals surface area contributed by atoms with Gasteiger partial charge in [0.05, 0.1) is 22.8 Å². The molecule has 1 saturated heterocycles. The predicted octanol–water partition coefficient (Wildman–Crippen LogP) is 3.53. The van der Waals surface area contributed by atoms with Crippen molar-refractivity contribution in [1.82, 2.24) is 19.7 Å². The fraction of sp³-hybridized carbons (Fsp3) is 0.421. The SMILES string of the molecule is Cc1nc(CN2CCN(C(=O)c3cc(Br)ccc3Cl)CC2)sc1C(=O)N(C)C. The maximum atomic E-state index is 12.8. The zero-order chi connectivity index (χ0) is 20.4. The summed E-state index contributed by atoms with van der Waals surface area (Å²) in [6.07, 6.45) is 0. The highest BCUT2D eigenvalue weighted by Gasteiger charge is 2.25. The van der Waals surface area contributed by atoms with Crippen LogP contribution in [0, 0.1) is 6.92 Å². The highest BCUT2D eigenvalue weighted by Crippen LogP contribution is 2.24.